The van der Waals surface area contributed by atoms with Crippen molar-refractivity contribution in [2.24, 2.45) is 0 Å². The quantitative estimate of drug-likeness (QED) is 0.678. The Balaban J connectivity index is 1.53. The van der Waals surface area contributed by atoms with Crippen molar-refractivity contribution in [3.8, 4) is 0 Å². The molecule has 1 saturated heterocycles. The van der Waals surface area contributed by atoms with Crippen LogP contribution in [0.25, 0.3) is 0 Å². The second-order valence-electron chi connectivity index (χ2n) is 7.91. The van der Waals surface area contributed by atoms with Crippen LogP contribution < -0.4 is 9.21 Å². The summed E-state index contributed by atoms with van der Waals surface area (Å²) in [5, 5.41) is 0. The number of para-hydroxylation sites is 1. The van der Waals surface area contributed by atoms with E-state index in [9.17, 15) is 13.2 Å². The third-order valence-electron chi connectivity index (χ3n) is 5.68. The Kier molecular flexibility index (Phi) is 7.02. The van der Waals surface area contributed by atoms with Crippen molar-refractivity contribution in [2.75, 3.05) is 48.2 Å². The van der Waals surface area contributed by atoms with E-state index in [0.29, 0.717) is 38.2 Å². The molecule has 1 fully saturated rings. The Hall–Kier alpha value is -2.54. The predicted molar refractivity (Wildman–Crippen MR) is 123 cm³/mol. The molecule has 0 radical (unpaired) electrons. The van der Waals surface area contributed by atoms with Gasteiger partial charge in [-0.1, -0.05) is 24.3 Å². The molecule has 0 unspecified atom stereocenters. The maximum absolute atomic E-state index is 12.6. The molecule has 0 aromatic heterocycles. The first-order valence-corrected chi connectivity index (χ1v) is 12.2. The summed E-state index contributed by atoms with van der Waals surface area (Å²) in [7, 11) is -3.41. The Morgan fingerprint density at radius 1 is 0.967 bits per heavy atom. The van der Waals surface area contributed by atoms with Crippen LogP contribution in [0.4, 0.5) is 11.4 Å². The number of amides is 1. The summed E-state index contributed by atoms with van der Waals surface area (Å²) in [6.45, 7) is 7.29. The summed E-state index contributed by atoms with van der Waals surface area (Å²) in [6.07, 6.45) is 2.06. The summed E-state index contributed by atoms with van der Waals surface area (Å²) in [5.41, 5.74) is 4.01. The lowest BCUT2D eigenvalue weighted by Crippen LogP contribution is -2.48. The highest BCUT2D eigenvalue weighted by atomic mass is 32.2. The Morgan fingerprint density at radius 2 is 1.63 bits per heavy atom. The van der Waals surface area contributed by atoms with E-state index in [1.807, 2.05) is 55.1 Å². The highest BCUT2D eigenvalue weighted by molar-refractivity contribution is 7.92. The second-order valence-corrected chi connectivity index (χ2v) is 9.82. The maximum Gasteiger partial charge on any atom is 0.232 e. The van der Waals surface area contributed by atoms with Crippen LogP contribution in [-0.4, -0.2) is 58.2 Å². The number of hydrogen-bond acceptors (Lipinski definition) is 4. The molecule has 0 aliphatic carbocycles. The molecule has 1 aliphatic rings. The van der Waals surface area contributed by atoms with Crippen molar-refractivity contribution in [3.05, 3.63) is 59.7 Å². The molecule has 162 valence electrons. The number of nitrogens with zero attached hydrogens (tertiary/aromatic N) is 3. The van der Waals surface area contributed by atoms with Gasteiger partial charge >= 0.3 is 0 Å². The monoisotopic (exact) mass is 429 g/mol. The molecule has 7 heteroatoms. The molecule has 30 heavy (non-hydrogen) atoms. The molecule has 2 aromatic rings. The van der Waals surface area contributed by atoms with Gasteiger partial charge < -0.3 is 9.80 Å². The molecule has 0 saturated carbocycles. The van der Waals surface area contributed by atoms with Gasteiger partial charge in [-0.05, 0) is 55.7 Å². The van der Waals surface area contributed by atoms with Crippen LogP contribution in [0.5, 0.6) is 0 Å². The van der Waals surface area contributed by atoms with E-state index in [0.717, 1.165) is 24.2 Å². The van der Waals surface area contributed by atoms with Gasteiger partial charge in [-0.15, -0.1) is 0 Å². The number of rotatable bonds is 7. The number of carbonyl (C=O) groups is 1. The van der Waals surface area contributed by atoms with Gasteiger partial charge in [0.25, 0.3) is 0 Å². The molecular formula is C23H31N3O3S. The third-order valence-corrected chi connectivity index (χ3v) is 6.88. The summed E-state index contributed by atoms with van der Waals surface area (Å²) in [6, 6.07) is 15.9. The largest absolute Gasteiger partial charge is 0.368 e. The zero-order chi connectivity index (χ0) is 21.7. The van der Waals surface area contributed by atoms with Crippen LogP contribution in [0.3, 0.4) is 0 Å². The molecule has 6 nitrogen and oxygen atoms in total. The summed E-state index contributed by atoms with van der Waals surface area (Å²) in [4.78, 5) is 16.8. The Labute approximate surface area is 180 Å². The van der Waals surface area contributed by atoms with Crippen molar-refractivity contribution in [1.29, 1.82) is 0 Å². The third kappa shape index (κ3) is 5.53. The molecule has 0 spiro atoms. The minimum absolute atomic E-state index is 0.0937. The first kappa shape index (κ1) is 22.2. The number of sulfonamides is 1. The molecule has 1 heterocycles. The highest BCUT2D eigenvalue weighted by Gasteiger charge is 2.22. The van der Waals surface area contributed by atoms with Crippen molar-refractivity contribution in [2.45, 2.75) is 26.7 Å². The Morgan fingerprint density at radius 3 is 2.23 bits per heavy atom. The predicted octanol–water partition coefficient (Wildman–Crippen LogP) is 3.20. The van der Waals surface area contributed by atoms with Crippen LogP contribution in [-0.2, 0) is 14.8 Å². The lowest BCUT2D eigenvalue weighted by molar-refractivity contribution is -0.131. The lowest BCUT2D eigenvalue weighted by atomic mass is 10.1. The highest BCUT2D eigenvalue weighted by Crippen LogP contribution is 2.22. The van der Waals surface area contributed by atoms with Crippen molar-refractivity contribution < 1.29 is 13.2 Å². The fourth-order valence-corrected chi connectivity index (χ4v) is 4.71. The topological polar surface area (TPSA) is 60.9 Å². The van der Waals surface area contributed by atoms with E-state index in [1.165, 1.54) is 16.2 Å². The minimum atomic E-state index is -3.41. The zero-order valence-corrected chi connectivity index (χ0v) is 18.9. The van der Waals surface area contributed by atoms with Gasteiger partial charge in [-0.2, -0.15) is 0 Å². The smallest absolute Gasteiger partial charge is 0.232 e. The van der Waals surface area contributed by atoms with Crippen LogP contribution >= 0.6 is 0 Å². The van der Waals surface area contributed by atoms with Gasteiger partial charge in [0.2, 0.25) is 15.9 Å². The first-order valence-electron chi connectivity index (χ1n) is 10.4. The number of carbonyl (C=O) groups excluding carboxylic acids is 1. The molecule has 1 amide bonds. The van der Waals surface area contributed by atoms with Gasteiger partial charge in [0.15, 0.2) is 0 Å². The SMILES string of the molecule is Cc1ccc(N(CCCC(=O)N2CCN(c3ccccc3)CC2)S(C)(=O)=O)cc1C. The van der Waals surface area contributed by atoms with Crippen LogP contribution in [0, 0.1) is 13.8 Å². The lowest BCUT2D eigenvalue weighted by Gasteiger charge is -2.36. The molecule has 1 aliphatic heterocycles. The molecule has 2 aromatic carbocycles. The summed E-state index contributed by atoms with van der Waals surface area (Å²) >= 11 is 0. The molecule has 0 bridgehead atoms. The van der Waals surface area contributed by atoms with E-state index in [-0.39, 0.29) is 5.91 Å². The zero-order valence-electron chi connectivity index (χ0n) is 18.0. The standard InChI is InChI=1S/C23H31N3O3S/c1-19-11-12-22(18-20(19)2)26(30(3,28)29)13-7-10-23(27)25-16-14-24(15-17-25)21-8-5-4-6-9-21/h4-6,8-9,11-12,18H,7,10,13-17H2,1-3H3. The molecule has 3 rings (SSSR count). The fourth-order valence-electron chi connectivity index (χ4n) is 3.75. The summed E-state index contributed by atoms with van der Waals surface area (Å²) in [5.74, 6) is 0.0937. The van der Waals surface area contributed by atoms with Gasteiger partial charge in [-0.3, -0.25) is 9.10 Å². The van der Waals surface area contributed by atoms with Gasteiger partial charge in [0.1, 0.15) is 0 Å². The van der Waals surface area contributed by atoms with E-state index < -0.39 is 10.0 Å². The maximum atomic E-state index is 12.6. The molecular weight excluding hydrogens is 398 g/mol. The number of aryl methyl sites for hydroxylation is 2. The fraction of sp³-hybridized carbons (Fsp3) is 0.435. The summed E-state index contributed by atoms with van der Waals surface area (Å²) < 4.78 is 26.0. The van der Waals surface area contributed by atoms with E-state index >= 15 is 0 Å². The number of piperazine rings is 1. The molecule has 0 N–H and O–H groups in total. The van der Waals surface area contributed by atoms with Crippen molar-refractivity contribution in [1.82, 2.24) is 4.90 Å². The average Bonchev–Trinajstić information content (AvgIpc) is 2.73. The van der Waals surface area contributed by atoms with Gasteiger partial charge in [0.05, 0.1) is 11.9 Å². The Bertz CT molecular complexity index is 968. The van der Waals surface area contributed by atoms with E-state index in [2.05, 4.69) is 17.0 Å². The van der Waals surface area contributed by atoms with E-state index in [1.54, 1.807) is 0 Å². The molecule has 0 atom stereocenters. The minimum Gasteiger partial charge on any atom is -0.368 e. The first-order chi connectivity index (χ1) is 14.3. The van der Waals surface area contributed by atoms with Crippen LogP contribution in [0.2, 0.25) is 0 Å². The van der Waals surface area contributed by atoms with Crippen molar-refractivity contribution in [3.63, 3.8) is 0 Å². The normalized spacial score (nSPS) is 14.6. The number of hydrogen-bond donors (Lipinski definition) is 0. The van der Waals surface area contributed by atoms with E-state index in [4.69, 9.17) is 0 Å². The van der Waals surface area contributed by atoms with Crippen LogP contribution in [0.15, 0.2) is 48.5 Å². The average molecular weight is 430 g/mol. The van der Waals surface area contributed by atoms with Crippen molar-refractivity contribution >= 4 is 27.3 Å². The number of anilines is 2. The number of benzene rings is 2. The van der Waals surface area contributed by atoms with Gasteiger partial charge in [0, 0.05) is 44.8 Å². The van der Waals surface area contributed by atoms with Crippen LogP contribution in [0.1, 0.15) is 24.0 Å². The van der Waals surface area contributed by atoms with Gasteiger partial charge in [-0.25, -0.2) is 8.42 Å². The second kappa shape index (κ2) is 9.51.